The summed E-state index contributed by atoms with van der Waals surface area (Å²) in [5, 5.41) is 0.887. The number of fused-ring (bicyclic) bond motifs is 1. The van der Waals surface area contributed by atoms with Crippen molar-refractivity contribution >= 4 is 11.0 Å². The van der Waals surface area contributed by atoms with Crippen molar-refractivity contribution in [3.05, 3.63) is 40.2 Å². The van der Waals surface area contributed by atoms with Crippen molar-refractivity contribution in [2.75, 3.05) is 6.61 Å². The minimum absolute atomic E-state index is 0.0949. The molecule has 1 aromatic carbocycles. The van der Waals surface area contributed by atoms with Crippen LogP contribution in [0.4, 0.5) is 0 Å². The first kappa shape index (κ1) is 15.7. The zero-order valence-electron chi connectivity index (χ0n) is 14.4. The zero-order valence-corrected chi connectivity index (χ0v) is 14.4. The zero-order chi connectivity index (χ0) is 17.1. The highest BCUT2D eigenvalue weighted by Gasteiger charge is 2.49. The monoisotopic (exact) mass is 330 g/mol. The van der Waals surface area contributed by atoms with Crippen molar-refractivity contribution in [3.63, 3.8) is 0 Å². The lowest BCUT2D eigenvalue weighted by Crippen LogP contribution is -2.14. The van der Waals surface area contributed by atoms with Crippen molar-refractivity contribution in [1.29, 1.82) is 0 Å². The van der Waals surface area contributed by atoms with Gasteiger partial charge in [0.1, 0.15) is 24.0 Å². The van der Waals surface area contributed by atoms with Gasteiger partial charge in [0.2, 0.25) is 0 Å². The van der Waals surface area contributed by atoms with Gasteiger partial charge in [0.25, 0.3) is 0 Å². The summed E-state index contributed by atoms with van der Waals surface area (Å²) >= 11 is 0. The molecule has 2 aromatic rings. The van der Waals surface area contributed by atoms with E-state index in [0.29, 0.717) is 18.6 Å². The maximum absolute atomic E-state index is 11.7. The van der Waals surface area contributed by atoms with E-state index in [1.807, 2.05) is 26.0 Å². The summed E-state index contributed by atoms with van der Waals surface area (Å²) in [5.74, 6) is 0.731. The second-order valence-corrected chi connectivity index (χ2v) is 7.65. The lowest BCUT2D eigenvalue weighted by atomic mass is 10.00. The molecule has 24 heavy (non-hydrogen) atoms. The summed E-state index contributed by atoms with van der Waals surface area (Å²) in [4.78, 5) is 11.7. The van der Waals surface area contributed by atoms with Crippen molar-refractivity contribution < 1.29 is 18.6 Å². The summed E-state index contributed by atoms with van der Waals surface area (Å²) in [7, 11) is 0. The van der Waals surface area contributed by atoms with E-state index in [1.54, 1.807) is 6.07 Å². The highest BCUT2D eigenvalue weighted by atomic mass is 16.6. The fourth-order valence-electron chi connectivity index (χ4n) is 3.04. The van der Waals surface area contributed by atoms with E-state index in [2.05, 4.69) is 13.8 Å². The highest BCUT2D eigenvalue weighted by molar-refractivity contribution is 5.82. The smallest absolute Gasteiger partial charge is 0.336 e. The van der Waals surface area contributed by atoms with E-state index in [9.17, 15) is 4.79 Å². The molecule has 5 nitrogen and oxygen atoms in total. The Labute approximate surface area is 140 Å². The van der Waals surface area contributed by atoms with Gasteiger partial charge in [-0.15, -0.1) is 0 Å². The standard InChI is InChI=1S/C19H22O5/c1-18(2)14(23-18)9-12-13(21-10-15-19(3,4)24-15)7-5-11-6-8-16(20)22-17(11)12/h5-8,14-15H,9-10H2,1-4H3. The van der Waals surface area contributed by atoms with Gasteiger partial charge in [0.05, 0.1) is 17.3 Å². The summed E-state index contributed by atoms with van der Waals surface area (Å²) in [5.41, 5.74) is 0.853. The minimum atomic E-state index is -0.358. The summed E-state index contributed by atoms with van der Waals surface area (Å²) < 4.78 is 22.8. The van der Waals surface area contributed by atoms with Gasteiger partial charge in [-0.25, -0.2) is 4.79 Å². The second-order valence-electron chi connectivity index (χ2n) is 7.65. The summed E-state index contributed by atoms with van der Waals surface area (Å²) in [6.45, 7) is 8.68. The number of hydrogen-bond donors (Lipinski definition) is 0. The van der Waals surface area contributed by atoms with Crippen LogP contribution in [0.5, 0.6) is 5.75 Å². The molecule has 0 bridgehead atoms. The Morgan fingerprint density at radius 1 is 1.00 bits per heavy atom. The fraction of sp³-hybridized carbons (Fsp3) is 0.526. The van der Waals surface area contributed by atoms with E-state index in [4.69, 9.17) is 18.6 Å². The quantitative estimate of drug-likeness (QED) is 0.623. The minimum Gasteiger partial charge on any atom is -0.490 e. The van der Waals surface area contributed by atoms with Crippen LogP contribution in [0.3, 0.4) is 0 Å². The third-order valence-corrected chi connectivity index (χ3v) is 4.96. The third kappa shape index (κ3) is 2.82. The Hall–Kier alpha value is -1.85. The van der Waals surface area contributed by atoms with Gasteiger partial charge in [0, 0.05) is 23.4 Å². The van der Waals surface area contributed by atoms with E-state index in [1.165, 1.54) is 6.07 Å². The van der Waals surface area contributed by atoms with E-state index in [-0.39, 0.29) is 29.0 Å². The number of benzene rings is 1. The molecule has 0 saturated carbocycles. The topological polar surface area (TPSA) is 64.5 Å². The first-order valence-electron chi connectivity index (χ1n) is 8.30. The Bertz CT molecular complexity index is 848. The molecule has 0 N–H and O–H groups in total. The van der Waals surface area contributed by atoms with E-state index in [0.717, 1.165) is 16.7 Å². The van der Waals surface area contributed by atoms with Gasteiger partial charge < -0.3 is 18.6 Å². The maximum atomic E-state index is 11.7. The number of hydrogen-bond acceptors (Lipinski definition) is 5. The molecule has 0 aliphatic carbocycles. The Morgan fingerprint density at radius 2 is 1.62 bits per heavy atom. The molecule has 128 valence electrons. The molecule has 2 saturated heterocycles. The molecule has 2 atom stereocenters. The van der Waals surface area contributed by atoms with Crippen molar-refractivity contribution in [1.82, 2.24) is 0 Å². The van der Waals surface area contributed by atoms with Gasteiger partial charge in [-0.3, -0.25) is 0 Å². The molecule has 2 aliphatic heterocycles. The first-order valence-corrected chi connectivity index (χ1v) is 8.30. The predicted octanol–water partition coefficient (Wildman–Crippen LogP) is 3.07. The molecule has 0 amide bonds. The second kappa shape index (κ2) is 5.07. The Kier molecular flexibility index (Phi) is 3.31. The van der Waals surface area contributed by atoms with E-state index >= 15 is 0 Å². The Balaban J connectivity index is 1.67. The van der Waals surface area contributed by atoms with Gasteiger partial charge in [-0.05, 0) is 45.9 Å². The molecule has 0 spiro atoms. The van der Waals surface area contributed by atoms with Crippen LogP contribution in [0, 0.1) is 0 Å². The molecule has 2 fully saturated rings. The van der Waals surface area contributed by atoms with E-state index < -0.39 is 0 Å². The van der Waals surface area contributed by atoms with Gasteiger partial charge in [-0.1, -0.05) is 0 Å². The molecule has 3 heterocycles. The molecule has 2 aliphatic rings. The first-order chi connectivity index (χ1) is 11.3. The number of ether oxygens (including phenoxy) is 3. The largest absolute Gasteiger partial charge is 0.490 e. The summed E-state index contributed by atoms with van der Waals surface area (Å²) in [6, 6.07) is 7.06. The predicted molar refractivity (Wildman–Crippen MR) is 89.6 cm³/mol. The van der Waals surface area contributed by atoms with Crippen LogP contribution in [0.25, 0.3) is 11.0 Å². The van der Waals surface area contributed by atoms with Gasteiger partial charge in [0.15, 0.2) is 0 Å². The van der Waals surface area contributed by atoms with Gasteiger partial charge in [-0.2, -0.15) is 0 Å². The lowest BCUT2D eigenvalue weighted by Gasteiger charge is -2.12. The molecule has 0 radical (unpaired) electrons. The van der Waals surface area contributed by atoms with Crippen LogP contribution in [0.1, 0.15) is 33.3 Å². The normalized spacial score (nSPS) is 26.3. The van der Waals surface area contributed by atoms with Gasteiger partial charge >= 0.3 is 5.63 Å². The molecular weight excluding hydrogens is 308 g/mol. The highest BCUT2D eigenvalue weighted by Crippen LogP contribution is 2.41. The Morgan fingerprint density at radius 3 is 2.25 bits per heavy atom. The van der Waals surface area contributed by atoms with Crippen LogP contribution in [0.2, 0.25) is 0 Å². The SMILES string of the molecule is CC1(C)OC1COc1ccc2ccc(=O)oc2c1CC1OC1(C)C. The average Bonchev–Trinajstić information content (AvgIpc) is 3.32. The summed E-state index contributed by atoms with van der Waals surface area (Å²) in [6.07, 6.45) is 0.851. The van der Waals surface area contributed by atoms with Crippen LogP contribution in [-0.4, -0.2) is 30.0 Å². The van der Waals surface area contributed by atoms with Crippen molar-refractivity contribution in [2.45, 2.75) is 57.5 Å². The number of rotatable bonds is 5. The third-order valence-electron chi connectivity index (χ3n) is 4.96. The molecule has 2 unspecified atom stereocenters. The van der Waals surface area contributed by atoms with Crippen LogP contribution in [-0.2, 0) is 15.9 Å². The fourth-order valence-corrected chi connectivity index (χ4v) is 3.04. The van der Waals surface area contributed by atoms with Crippen LogP contribution in [0.15, 0.2) is 33.5 Å². The molecule has 4 rings (SSSR count). The maximum Gasteiger partial charge on any atom is 0.336 e. The molecule has 5 heteroatoms. The molecule has 1 aromatic heterocycles. The number of epoxide rings is 2. The molecular formula is C19H22O5. The van der Waals surface area contributed by atoms with Crippen molar-refractivity contribution in [2.24, 2.45) is 0 Å². The van der Waals surface area contributed by atoms with Crippen molar-refractivity contribution in [3.8, 4) is 5.75 Å². The average molecular weight is 330 g/mol. The lowest BCUT2D eigenvalue weighted by molar-refractivity contribution is 0.252. The van der Waals surface area contributed by atoms with Crippen LogP contribution >= 0.6 is 0 Å². The van der Waals surface area contributed by atoms with Crippen LogP contribution < -0.4 is 10.4 Å².